The Morgan fingerprint density at radius 2 is 1.95 bits per heavy atom. The summed E-state index contributed by atoms with van der Waals surface area (Å²) in [5, 5.41) is 3.02. The lowest BCUT2D eigenvalue weighted by Gasteiger charge is -2.37. The van der Waals surface area contributed by atoms with Crippen molar-refractivity contribution in [3.8, 4) is 0 Å². The van der Waals surface area contributed by atoms with Gasteiger partial charge in [0.2, 0.25) is 5.91 Å². The van der Waals surface area contributed by atoms with Crippen LogP contribution in [0.2, 0.25) is 0 Å². The molecule has 1 aliphatic rings. The zero-order valence-electron chi connectivity index (χ0n) is 12.1. The zero-order valence-corrected chi connectivity index (χ0v) is 12.1. The molecule has 0 aromatic heterocycles. The first-order valence-electron chi connectivity index (χ1n) is 7.06. The van der Waals surface area contributed by atoms with E-state index in [1.165, 1.54) is 6.07 Å². The van der Waals surface area contributed by atoms with E-state index in [0.717, 1.165) is 0 Å². The van der Waals surface area contributed by atoms with Crippen LogP contribution >= 0.6 is 0 Å². The van der Waals surface area contributed by atoms with E-state index in [9.17, 15) is 9.18 Å². The van der Waals surface area contributed by atoms with Crippen LogP contribution in [0.3, 0.4) is 0 Å². The molecule has 1 heterocycles. The third-order valence-electron chi connectivity index (χ3n) is 3.72. The summed E-state index contributed by atoms with van der Waals surface area (Å²) in [7, 11) is 1.85. The van der Waals surface area contributed by atoms with Crippen LogP contribution in [0.5, 0.6) is 0 Å². The summed E-state index contributed by atoms with van der Waals surface area (Å²) in [5.41, 5.74) is 0.628. The Kier molecular flexibility index (Phi) is 4.95. The van der Waals surface area contributed by atoms with Gasteiger partial charge in [-0.2, -0.15) is 0 Å². The Balaban J connectivity index is 1.93. The maximum Gasteiger partial charge on any atom is 0.226 e. The van der Waals surface area contributed by atoms with Crippen LogP contribution in [0.1, 0.15) is 6.92 Å². The van der Waals surface area contributed by atoms with Crippen LogP contribution in [-0.4, -0.2) is 50.6 Å². The molecule has 0 unspecified atom stereocenters. The summed E-state index contributed by atoms with van der Waals surface area (Å²) >= 11 is 0. The Labute approximate surface area is 119 Å². The Morgan fingerprint density at radius 3 is 2.55 bits per heavy atom. The molecular weight excluding hydrogens is 257 g/mol. The molecule has 2 rings (SSSR count). The van der Waals surface area contributed by atoms with Gasteiger partial charge in [0, 0.05) is 38.6 Å². The zero-order chi connectivity index (χ0) is 14.5. The second-order valence-corrected chi connectivity index (χ2v) is 5.22. The van der Waals surface area contributed by atoms with E-state index in [-0.39, 0.29) is 17.6 Å². The molecule has 0 spiro atoms. The van der Waals surface area contributed by atoms with Gasteiger partial charge in [0.15, 0.2) is 0 Å². The average Bonchev–Trinajstić information content (AvgIpc) is 2.47. The number of rotatable bonds is 4. The van der Waals surface area contributed by atoms with Crippen molar-refractivity contribution in [1.29, 1.82) is 0 Å². The summed E-state index contributed by atoms with van der Waals surface area (Å²) in [6.45, 7) is 5.29. The topological polar surface area (TPSA) is 35.6 Å². The molecule has 1 saturated heterocycles. The second kappa shape index (κ2) is 6.70. The fourth-order valence-electron chi connectivity index (χ4n) is 2.58. The number of halogens is 1. The Hall–Kier alpha value is -1.62. The van der Waals surface area contributed by atoms with Crippen molar-refractivity contribution in [2.75, 3.05) is 44.7 Å². The van der Waals surface area contributed by atoms with Crippen LogP contribution in [0.15, 0.2) is 24.3 Å². The number of piperazine rings is 1. The van der Waals surface area contributed by atoms with E-state index in [0.29, 0.717) is 38.4 Å². The predicted octanol–water partition coefficient (Wildman–Crippen LogP) is 1.33. The van der Waals surface area contributed by atoms with Crippen LogP contribution in [0.4, 0.5) is 10.1 Å². The van der Waals surface area contributed by atoms with E-state index < -0.39 is 0 Å². The normalized spacial score (nSPS) is 17.1. The first-order chi connectivity index (χ1) is 9.63. The maximum atomic E-state index is 13.7. The van der Waals surface area contributed by atoms with Gasteiger partial charge in [0.1, 0.15) is 5.82 Å². The minimum absolute atomic E-state index is 0.0139. The summed E-state index contributed by atoms with van der Waals surface area (Å²) in [5.74, 6) is -0.0385. The lowest BCUT2D eigenvalue weighted by Crippen LogP contribution is -2.51. The number of nitrogens with one attached hydrogen (secondary N) is 1. The first kappa shape index (κ1) is 14.8. The molecule has 110 valence electrons. The smallest absolute Gasteiger partial charge is 0.226 e. The molecule has 1 aliphatic heterocycles. The highest BCUT2D eigenvalue weighted by Gasteiger charge is 2.25. The van der Waals surface area contributed by atoms with Crippen molar-refractivity contribution in [2.24, 2.45) is 5.92 Å². The third-order valence-corrected chi connectivity index (χ3v) is 3.72. The number of amides is 1. The molecule has 0 radical (unpaired) electrons. The van der Waals surface area contributed by atoms with Crippen LogP contribution < -0.4 is 10.2 Å². The van der Waals surface area contributed by atoms with Gasteiger partial charge in [-0.3, -0.25) is 4.79 Å². The number of hydrogen-bond acceptors (Lipinski definition) is 3. The van der Waals surface area contributed by atoms with Crippen molar-refractivity contribution < 1.29 is 9.18 Å². The fourth-order valence-corrected chi connectivity index (χ4v) is 2.58. The summed E-state index contributed by atoms with van der Waals surface area (Å²) in [6, 6.07) is 6.79. The van der Waals surface area contributed by atoms with Crippen LogP contribution in [-0.2, 0) is 4.79 Å². The quantitative estimate of drug-likeness (QED) is 0.903. The number of carbonyl (C=O) groups is 1. The maximum absolute atomic E-state index is 13.7. The fraction of sp³-hybridized carbons (Fsp3) is 0.533. The monoisotopic (exact) mass is 279 g/mol. The molecule has 4 nitrogen and oxygen atoms in total. The van der Waals surface area contributed by atoms with Crippen LogP contribution in [0.25, 0.3) is 0 Å². The van der Waals surface area contributed by atoms with Gasteiger partial charge in [-0.1, -0.05) is 19.1 Å². The standard InChI is InChI=1S/C15H22FN3O/c1-12(11-17-2)15(20)19-9-7-18(8-10-19)14-6-4-3-5-13(14)16/h3-6,12,17H,7-11H2,1-2H3/t12-/m0/s1. The van der Waals surface area contributed by atoms with E-state index in [1.807, 2.05) is 29.8 Å². The molecule has 5 heteroatoms. The lowest BCUT2D eigenvalue weighted by atomic mass is 10.1. The van der Waals surface area contributed by atoms with Gasteiger partial charge in [-0.25, -0.2) is 4.39 Å². The van der Waals surface area contributed by atoms with Crippen molar-refractivity contribution in [1.82, 2.24) is 10.2 Å². The van der Waals surface area contributed by atoms with E-state index >= 15 is 0 Å². The van der Waals surface area contributed by atoms with Gasteiger partial charge in [-0.05, 0) is 19.2 Å². The lowest BCUT2D eigenvalue weighted by molar-refractivity contribution is -0.135. The minimum Gasteiger partial charge on any atom is -0.366 e. The number of benzene rings is 1. The molecule has 1 aromatic carbocycles. The summed E-state index contributed by atoms with van der Waals surface area (Å²) in [6.07, 6.45) is 0. The van der Waals surface area contributed by atoms with Crippen LogP contribution in [0, 0.1) is 11.7 Å². The van der Waals surface area contributed by atoms with Crippen molar-refractivity contribution in [3.05, 3.63) is 30.1 Å². The molecule has 20 heavy (non-hydrogen) atoms. The van der Waals surface area contributed by atoms with E-state index in [1.54, 1.807) is 12.1 Å². The second-order valence-electron chi connectivity index (χ2n) is 5.22. The molecule has 1 aromatic rings. The molecule has 1 fully saturated rings. The molecular formula is C15H22FN3O. The van der Waals surface area contributed by atoms with E-state index in [2.05, 4.69) is 5.32 Å². The summed E-state index contributed by atoms with van der Waals surface area (Å²) < 4.78 is 13.7. The van der Waals surface area contributed by atoms with Crippen molar-refractivity contribution in [3.63, 3.8) is 0 Å². The van der Waals surface area contributed by atoms with Gasteiger partial charge < -0.3 is 15.1 Å². The highest BCUT2D eigenvalue weighted by Crippen LogP contribution is 2.20. The molecule has 0 saturated carbocycles. The van der Waals surface area contributed by atoms with Gasteiger partial charge in [0.25, 0.3) is 0 Å². The van der Waals surface area contributed by atoms with Crippen molar-refractivity contribution >= 4 is 11.6 Å². The predicted molar refractivity (Wildman–Crippen MR) is 78.3 cm³/mol. The van der Waals surface area contributed by atoms with E-state index in [4.69, 9.17) is 0 Å². The number of hydrogen-bond donors (Lipinski definition) is 1. The van der Waals surface area contributed by atoms with Gasteiger partial charge >= 0.3 is 0 Å². The van der Waals surface area contributed by atoms with Gasteiger partial charge in [-0.15, -0.1) is 0 Å². The number of anilines is 1. The highest BCUT2D eigenvalue weighted by atomic mass is 19.1. The average molecular weight is 279 g/mol. The number of nitrogens with zero attached hydrogens (tertiary/aromatic N) is 2. The molecule has 0 aliphatic carbocycles. The number of para-hydroxylation sites is 1. The molecule has 1 N–H and O–H groups in total. The SMILES string of the molecule is CNC[C@H](C)C(=O)N1CCN(c2ccccc2F)CC1. The minimum atomic E-state index is -0.198. The van der Waals surface area contributed by atoms with Crippen molar-refractivity contribution in [2.45, 2.75) is 6.92 Å². The molecule has 0 bridgehead atoms. The Bertz CT molecular complexity index is 458. The Morgan fingerprint density at radius 1 is 1.30 bits per heavy atom. The largest absolute Gasteiger partial charge is 0.366 e. The summed E-state index contributed by atoms with van der Waals surface area (Å²) in [4.78, 5) is 16.1. The molecule has 1 atom stereocenters. The first-order valence-corrected chi connectivity index (χ1v) is 7.06. The highest BCUT2D eigenvalue weighted by molar-refractivity contribution is 5.79. The third kappa shape index (κ3) is 3.28. The number of carbonyl (C=O) groups excluding carboxylic acids is 1. The van der Waals surface area contributed by atoms with Gasteiger partial charge in [0.05, 0.1) is 5.69 Å². The molecule has 1 amide bonds.